The van der Waals surface area contributed by atoms with Gasteiger partial charge in [0, 0.05) is 18.9 Å². The van der Waals surface area contributed by atoms with Gasteiger partial charge in [0.2, 0.25) is 10.0 Å². The maximum atomic E-state index is 13.6. The molecule has 0 radical (unpaired) electrons. The SMILES string of the molecule is Cn1cc2c(c1C(=O)Nc1ccc(F)c(C#N)c1)OC[C@@H]([C@@H](O)C#CC(C)(C)F)NS2(=O)=O. The van der Waals surface area contributed by atoms with Gasteiger partial charge in [0.05, 0.1) is 11.6 Å². The molecule has 33 heavy (non-hydrogen) atoms. The summed E-state index contributed by atoms with van der Waals surface area (Å²) in [5.74, 6) is 2.64. The van der Waals surface area contributed by atoms with Gasteiger partial charge in [-0.2, -0.15) is 5.26 Å². The lowest BCUT2D eigenvalue weighted by Gasteiger charge is -2.18. The van der Waals surface area contributed by atoms with Crippen LogP contribution in [-0.2, 0) is 17.1 Å². The van der Waals surface area contributed by atoms with Crippen molar-refractivity contribution in [2.24, 2.45) is 7.05 Å². The third kappa shape index (κ3) is 5.31. The van der Waals surface area contributed by atoms with Crippen LogP contribution in [0.2, 0.25) is 0 Å². The first-order valence-corrected chi connectivity index (χ1v) is 11.1. The zero-order chi connectivity index (χ0) is 24.6. The number of halogens is 2. The standard InChI is InChI=1S/C21H20F2N4O5S/c1-21(2,23)7-6-16(28)15-11-32-19-17(33(30,31)26-15)10-27(3)18(19)20(29)25-13-4-5-14(22)12(8-13)9-24/h4-5,8,10,15-16,26,28H,11H2,1-3H3,(H,25,29)/t15-,16-/m0/s1. The van der Waals surface area contributed by atoms with Crippen molar-refractivity contribution in [1.29, 1.82) is 5.26 Å². The van der Waals surface area contributed by atoms with Gasteiger partial charge in [0.1, 0.15) is 29.5 Å². The largest absolute Gasteiger partial charge is 0.488 e. The van der Waals surface area contributed by atoms with Crippen molar-refractivity contribution in [2.75, 3.05) is 11.9 Å². The molecule has 1 aromatic heterocycles. The number of rotatable bonds is 3. The summed E-state index contributed by atoms with van der Waals surface area (Å²) < 4.78 is 61.9. The number of ether oxygens (including phenoxy) is 1. The van der Waals surface area contributed by atoms with Crippen LogP contribution in [0.4, 0.5) is 14.5 Å². The van der Waals surface area contributed by atoms with E-state index in [0.717, 1.165) is 18.3 Å². The van der Waals surface area contributed by atoms with Crippen LogP contribution in [0.25, 0.3) is 0 Å². The fraction of sp³-hybridized carbons (Fsp3) is 0.333. The minimum absolute atomic E-state index is 0.111. The lowest BCUT2D eigenvalue weighted by molar-refractivity contribution is 0.101. The van der Waals surface area contributed by atoms with E-state index in [9.17, 15) is 27.1 Å². The number of benzene rings is 1. The molecular formula is C21H20F2N4O5S. The van der Waals surface area contributed by atoms with Crippen molar-refractivity contribution in [3.8, 4) is 23.7 Å². The Morgan fingerprint density at radius 2 is 2.15 bits per heavy atom. The highest BCUT2D eigenvalue weighted by atomic mass is 32.2. The molecule has 0 aliphatic carbocycles. The number of fused-ring (bicyclic) bond motifs is 1. The lowest BCUT2D eigenvalue weighted by Crippen LogP contribution is -2.45. The summed E-state index contributed by atoms with van der Waals surface area (Å²) in [5, 5.41) is 21.6. The van der Waals surface area contributed by atoms with Crippen LogP contribution >= 0.6 is 0 Å². The summed E-state index contributed by atoms with van der Waals surface area (Å²) >= 11 is 0. The molecule has 174 valence electrons. The number of carbonyl (C=O) groups is 1. The summed E-state index contributed by atoms with van der Waals surface area (Å²) in [6.45, 7) is 1.97. The van der Waals surface area contributed by atoms with Crippen LogP contribution in [0, 0.1) is 29.0 Å². The number of hydrogen-bond acceptors (Lipinski definition) is 6. The summed E-state index contributed by atoms with van der Waals surface area (Å²) in [6, 6.07) is 3.81. The van der Waals surface area contributed by atoms with Crippen LogP contribution in [0.5, 0.6) is 5.75 Å². The number of aromatic nitrogens is 1. The molecule has 0 fully saturated rings. The van der Waals surface area contributed by atoms with Crippen LogP contribution in [0.15, 0.2) is 29.3 Å². The number of nitrogens with zero attached hydrogens (tertiary/aromatic N) is 2. The Morgan fingerprint density at radius 3 is 2.79 bits per heavy atom. The fourth-order valence-electron chi connectivity index (χ4n) is 3.02. The second-order valence-corrected chi connectivity index (χ2v) is 9.45. The maximum absolute atomic E-state index is 13.6. The van der Waals surface area contributed by atoms with Gasteiger partial charge in [-0.15, -0.1) is 0 Å². The van der Waals surface area contributed by atoms with Crippen molar-refractivity contribution in [1.82, 2.24) is 9.29 Å². The average molecular weight is 478 g/mol. The second kappa shape index (κ2) is 8.83. The van der Waals surface area contributed by atoms with Crippen molar-refractivity contribution >= 4 is 21.6 Å². The summed E-state index contributed by atoms with van der Waals surface area (Å²) in [4.78, 5) is 12.5. The molecule has 2 heterocycles. The molecule has 9 nitrogen and oxygen atoms in total. The molecule has 12 heteroatoms. The van der Waals surface area contributed by atoms with E-state index >= 15 is 0 Å². The number of aliphatic hydroxyl groups is 1. The van der Waals surface area contributed by atoms with Gasteiger partial charge in [-0.25, -0.2) is 21.9 Å². The van der Waals surface area contributed by atoms with Crippen molar-refractivity contribution in [2.45, 2.75) is 36.6 Å². The molecule has 0 unspecified atom stereocenters. The minimum atomic E-state index is -4.24. The van der Waals surface area contributed by atoms with E-state index in [1.54, 1.807) is 6.07 Å². The Bertz CT molecular complexity index is 1310. The molecule has 1 amide bonds. The first kappa shape index (κ1) is 24.2. The molecule has 1 aliphatic rings. The second-order valence-electron chi connectivity index (χ2n) is 7.77. The quantitative estimate of drug-likeness (QED) is 0.572. The topological polar surface area (TPSA) is 133 Å². The Labute approximate surface area is 189 Å². The van der Waals surface area contributed by atoms with E-state index < -0.39 is 46.2 Å². The highest BCUT2D eigenvalue weighted by Crippen LogP contribution is 2.33. The Hall–Kier alpha value is -3.45. The summed E-state index contributed by atoms with van der Waals surface area (Å²) in [7, 11) is -2.82. The Balaban J connectivity index is 1.92. The van der Waals surface area contributed by atoms with Gasteiger partial charge >= 0.3 is 0 Å². The number of aliphatic hydroxyl groups excluding tert-OH is 1. The van der Waals surface area contributed by atoms with Gasteiger partial charge in [-0.1, -0.05) is 11.8 Å². The van der Waals surface area contributed by atoms with E-state index in [1.165, 1.54) is 31.5 Å². The van der Waals surface area contributed by atoms with Gasteiger partial charge in [0.15, 0.2) is 17.1 Å². The smallest absolute Gasteiger partial charge is 0.276 e. The van der Waals surface area contributed by atoms with Gasteiger partial charge < -0.3 is 19.7 Å². The van der Waals surface area contributed by atoms with E-state index in [-0.39, 0.29) is 27.6 Å². The predicted octanol–water partition coefficient (Wildman–Crippen LogP) is 1.44. The Morgan fingerprint density at radius 1 is 1.45 bits per heavy atom. The molecule has 1 aliphatic heterocycles. The van der Waals surface area contributed by atoms with E-state index in [0.29, 0.717) is 0 Å². The molecule has 3 rings (SSSR count). The molecule has 0 spiro atoms. The maximum Gasteiger partial charge on any atom is 0.276 e. The van der Waals surface area contributed by atoms with E-state index in [4.69, 9.17) is 10.00 Å². The Kier molecular flexibility index (Phi) is 6.47. The number of nitriles is 1. The van der Waals surface area contributed by atoms with E-state index in [2.05, 4.69) is 21.9 Å². The van der Waals surface area contributed by atoms with Crippen molar-refractivity contribution in [3.05, 3.63) is 41.5 Å². The number of nitrogens with one attached hydrogen (secondary N) is 2. The molecule has 0 bridgehead atoms. The normalized spacial score (nSPS) is 17.9. The minimum Gasteiger partial charge on any atom is -0.488 e. The number of anilines is 1. The highest BCUT2D eigenvalue weighted by molar-refractivity contribution is 7.89. The fourth-order valence-corrected chi connectivity index (χ4v) is 4.44. The van der Waals surface area contributed by atoms with Crippen molar-refractivity contribution in [3.63, 3.8) is 0 Å². The zero-order valence-corrected chi connectivity index (χ0v) is 18.6. The molecular weight excluding hydrogens is 458 g/mol. The van der Waals surface area contributed by atoms with Crippen molar-refractivity contribution < 1.29 is 31.8 Å². The average Bonchev–Trinajstić information content (AvgIpc) is 3.00. The molecule has 2 atom stereocenters. The van der Waals surface area contributed by atoms with Gasteiger partial charge in [-0.3, -0.25) is 4.79 Å². The number of hydrogen-bond donors (Lipinski definition) is 3. The molecule has 0 saturated carbocycles. The van der Waals surface area contributed by atoms with Gasteiger partial charge in [0.25, 0.3) is 5.91 Å². The predicted molar refractivity (Wildman–Crippen MR) is 113 cm³/mol. The third-order valence-corrected chi connectivity index (χ3v) is 6.05. The number of aryl methyl sites for hydroxylation is 1. The zero-order valence-electron chi connectivity index (χ0n) is 17.8. The number of amides is 1. The lowest BCUT2D eigenvalue weighted by atomic mass is 10.1. The first-order valence-electron chi connectivity index (χ1n) is 9.57. The number of alkyl halides is 1. The van der Waals surface area contributed by atoms with Crippen LogP contribution < -0.4 is 14.8 Å². The summed E-state index contributed by atoms with van der Waals surface area (Å²) in [6.07, 6.45) is -0.420. The third-order valence-electron chi connectivity index (χ3n) is 4.56. The van der Waals surface area contributed by atoms with Gasteiger partial charge in [-0.05, 0) is 32.0 Å². The first-order chi connectivity index (χ1) is 15.3. The number of sulfonamides is 1. The molecule has 2 aromatic rings. The van der Waals surface area contributed by atoms with Crippen LogP contribution in [-0.4, -0.2) is 48.4 Å². The van der Waals surface area contributed by atoms with Crippen LogP contribution in [0.3, 0.4) is 0 Å². The molecule has 0 saturated heterocycles. The monoisotopic (exact) mass is 478 g/mol. The summed E-state index contributed by atoms with van der Waals surface area (Å²) in [5.41, 5.74) is -2.23. The molecule has 3 N–H and O–H groups in total. The highest BCUT2D eigenvalue weighted by Gasteiger charge is 2.36. The van der Waals surface area contributed by atoms with Crippen LogP contribution in [0.1, 0.15) is 29.9 Å². The molecule has 1 aromatic carbocycles. The van der Waals surface area contributed by atoms with E-state index in [1.807, 2.05) is 0 Å². The number of carbonyl (C=O) groups excluding carboxylic acids is 1.